The average molecular weight is 254 g/mol. The summed E-state index contributed by atoms with van der Waals surface area (Å²) in [5.41, 5.74) is -1.05. The van der Waals surface area contributed by atoms with Crippen molar-refractivity contribution >= 4 is 17.9 Å². The zero-order valence-electron chi connectivity index (χ0n) is 10.8. The molecule has 1 spiro atoms. The molecule has 100 valence electrons. The van der Waals surface area contributed by atoms with Crippen LogP contribution in [0.1, 0.15) is 40.0 Å². The van der Waals surface area contributed by atoms with Crippen molar-refractivity contribution in [1.82, 2.24) is 10.6 Å². The number of nitrogens with one attached hydrogen (secondary N) is 2. The Balaban J connectivity index is 1.95. The van der Waals surface area contributed by atoms with Crippen molar-refractivity contribution < 1.29 is 19.1 Å². The minimum absolute atomic E-state index is 0.213. The quantitative estimate of drug-likeness (QED) is 0.675. The predicted molar refractivity (Wildman–Crippen MR) is 62.6 cm³/mol. The molecule has 3 amide bonds. The van der Waals surface area contributed by atoms with Crippen molar-refractivity contribution in [2.45, 2.75) is 51.7 Å². The van der Waals surface area contributed by atoms with Gasteiger partial charge >= 0.3 is 6.09 Å². The Labute approximate surface area is 105 Å². The fourth-order valence-electron chi connectivity index (χ4n) is 2.06. The standard InChI is InChI=1S/C12H18N2O4/c1-11(2,3)18-10(17)13-7-6-12(4-5-12)9(16)14-8(7)15/h7H,4-6H2,1-3H3,(H,13,17)(H,14,15,16). The third kappa shape index (κ3) is 2.63. The molecule has 1 atom stereocenters. The van der Waals surface area contributed by atoms with Gasteiger partial charge in [-0.2, -0.15) is 0 Å². The number of imide groups is 1. The van der Waals surface area contributed by atoms with E-state index in [-0.39, 0.29) is 5.91 Å². The summed E-state index contributed by atoms with van der Waals surface area (Å²) < 4.78 is 5.09. The van der Waals surface area contributed by atoms with Crippen LogP contribution in [0.15, 0.2) is 0 Å². The molecule has 0 bridgehead atoms. The monoisotopic (exact) mass is 254 g/mol. The van der Waals surface area contributed by atoms with Crippen molar-refractivity contribution in [2.24, 2.45) is 5.41 Å². The molecule has 0 aromatic rings. The van der Waals surface area contributed by atoms with Crippen molar-refractivity contribution in [3.8, 4) is 0 Å². The van der Waals surface area contributed by atoms with E-state index in [1.807, 2.05) is 0 Å². The van der Waals surface area contributed by atoms with Crippen LogP contribution in [0.2, 0.25) is 0 Å². The van der Waals surface area contributed by atoms with E-state index in [4.69, 9.17) is 4.74 Å². The van der Waals surface area contributed by atoms with E-state index in [9.17, 15) is 14.4 Å². The minimum Gasteiger partial charge on any atom is -0.444 e. The van der Waals surface area contributed by atoms with Crippen molar-refractivity contribution in [3.05, 3.63) is 0 Å². The second-order valence-corrected chi connectivity index (χ2v) is 6.00. The first kappa shape index (κ1) is 12.9. The molecule has 0 aromatic heterocycles. The molecule has 1 heterocycles. The lowest BCUT2D eigenvalue weighted by Gasteiger charge is -2.29. The average Bonchev–Trinajstić information content (AvgIpc) is 2.92. The summed E-state index contributed by atoms with van der Waals surface area (Å²) in [7, 11) is 0. The number of carbonyl (C=O) groups is 3. The van der Waals surface area contributed by atoms with Crippen molar-refractivity contribution in [3.63, 3.8) is 0 Å². The van der Waals surface area contributed by atoms with Crippen LogP contribution in [0.3, 0.4) is 0 Å². The Bertz CT molecular complexity index is 407. The number of ether oxygens (including phenoxy) is 1. The zero-order valence-corrected chi connectivity index (χ0v) is 10.8. The van der Waals surface area contributed by atoms with Gasteiger partial charge in [0.05, 0.1) is 5.41 Å². The van der Waals surface area contributed by atoms with Gasteiger partial charge in [0.25, 0.3) is 0 Å². The molecule has 2 aliphatic rings. The third-order valence-electron chi connectivity index (χ3n) is 3.17. The van der Waals surface area contributed by atoms with Crippen molar-refractivity contribution in [1.29, 1.82) is 0 Å². The van der Waals surface area contributed by atoms with Gasteiger partial charge < -0.3 is 10.1 Å². The Kier molecular flexibility index (Phi) is 2.83. The van der Waals surface area contributed by atoms with Crippen LogP contribution >= 0.6 is 0 Å². The predicted octanol–water partition coefficient (Wildman–Crippen LogP) is 0.706. The molecule has 0 aromatic carbocycles. The number of hydrogen-bond donors (Lipinski definition) is 2. The Morgan fingerprint density at radius 3 is 2.50 bits per heavy atom. The van der Waals surface area contributed by atoms with Gasteiger partial charge in [-0.25, -0.2) is 4.79 Å². The highest BCUT2D eigenvalue weighted by molar-refractivity contribution is 6.05. The van der Waals surface area contributed by atoms with Gasteiger partial charge in [0, 0.05) is 0 Å². The molecule has 1 saturated heterocycles. The summed E-state index contributed by atoms with van der Waals surface area (Å²) >= 11 is 0. The molecule has 1 aliphatic heterocycles. The van der Waals surface area contributed by atoms with Crippen LogP contribution in [0.4, 0.5) is 4.79 Å². The topological polar surface area (TPSA) is 84.5 Å². The highest BCUT2D eigenvalue weighted by Gasteiger charge is 2.55. The van der Waals surface area contributed by atoms with E-state index < -0.39 is 29.1 Å². The summed E-state index contributed by atoms with van der Waals surface area (Å²) in [6.07, 6.45) is 1.29. The molecule has 1 aliphatic carbocycles. The molecule has 6 heteroatoms. The molecule has 0 radical (unpaired) electrons. The van der Waals surface area contributed by atoms with E-state index in [0.29, 0.717) is 6.42 Å². The maximum absolute atomic E-state index is 11.6. The number of piperidine rings is 1. The van der Waals surface area contributed by atoms with Crippen LogP contribution in [-0.4, -0.2) is 29.6 Å². The third-order valence-corrected chi connectivity index (χ3v) is 3.17. The molecular weight excluding hydrogens is 236 g/mol. The van der Waals surface area contributed by atoms with E-state index in [1.54, 1.807) is 20.8 Å². The van der Waals surface area contributed by atoms with E-state index in [1.165, 1.54) is 0 Å². The Morgan fingerprint density at radius 1 is 1.39 bits per heavy atom. The van der Waals surface area contributed by atoms with Crippen LogP contribution in [0, 0.1) is 5.41 Å². The highest BCUT2D eigenvalue weighted by atomic mass is 16.6. The molecule has 2 N–H and O–H groups in total. The van der Waals surface area contributed by atoms with E-state index in [2.05, 4.69) is 10.6 Å². The van der Waals surface area contributed by atoms with Gasteiger partial charge in [-0.05, 0) is 40.0 Å². The lowest BCUT2D eigenvalue weighted by atomic mass is 9.91. The van der Waals surface area contributed by atoms with Crippen LogP contribution < -0.4 is 10.6 Å². The largest absolute Gasteiger partial charge is 0.444 e. The minimum atomic E-state index is -0.681. The number of amides is 3. The van der Waals surface area contributed by atoms with Gasteiger partial charge in [0.1, 0.15) is 11.6 Å². The van der Waals surface area contributed by atoms with Gasteiger partial charge in [-0.3, -0.25) is 14.9 Å². The van der Waals surface area contributed by atoms with Gasteiger partial charge in [-0.15, -0.1) is 0 Å². The Hall–Kier alpha value is -1.59. The summed E-state index contributed by atoms with van der Waals surface area (Å²) in [5.74, 6) is -0.668. The molecule has 6 nitrogen and oxygen atoms in total. The lowest BCUT2D eigenvalue weighted by molar-refractivity contribution is -0.139. The lowest BCUT2D eigenvalue weighted by Crippen LogP contribution is -2.57. The fraction of sp³-hybridized carbons (Fsp3) is 0.750. The number of hydrogen-bond acceptors (Lipinski definition) is 4. The number of rotatable bonds is 1. The summed E-state index contributed by atoms with van der Waals surface area (Å²) in [5, 5.41) is 4.82. The normalized spacial score (nSPS) is 25.6. The second-order valence-electron chi connectivity index (χ2n) is 6.00. The van der Waals surface area contributed by atoms with Crippen LogP contribution in [-0.2, 0) is 14.3 Å². The Morgan fingerprint density at radius 2 is 2.00 bits per heavy atom. The number of alkyl carbamates (subject to hydrolysis) is 1. The maximum atomic E-state index is 11.6. The number of carbonyl (C=O) groups excluding carboxylic acids is 3. The van der Waals surface area contributed by atoms with Crippen molar-refractivity contribution in [2.75, 3.05) is 0 Å². The molecular formula is C12H18N2O4. The van der Waals surface area contributed by atoms with Crippen LogP contribution in [0.5, 0.6) is 0 Å². The van der Waals surface area contributed by atoms with Gasteiger partial charge in [0.15, 0.2) is 0 Å². The van der Waals surface area contributed by atoms with Gasteiger partial charge in [-0.1, -0.05) is 0 Å². The van der Waals surface area contributed by atoms with Gasteiger partial charge in [0.2, 0.25) is 11.8 Å². The SMILES string of the molecule is CC(C)(C)OC(=O)NC1CC2(CC2)C(=O)NC1=O. The molecule has 2 rings (SSSR count). The first-order valence-electron chi connectivity index (χ1n) is 6.07. The highest BCUT2D eigenvalue weighted by Crippen LogP contribution is 2.51. The summed E-state index contributed by atoms with van der Waals surface area (Å²) in [6, 6.07) is -0.681. The van der Waals surface area contributed by atoms with Crippen LogP contribution in [0.25, 0.3) is 0 Å². The summed E-state index contributed by atoms with van der Waals surface area (Å²) in [4.78, 5) is 34.8. The maximum Gasteiger partial charge on any atom is 0.408 e. The zero-order chi connectivity index (χ0) is 13.6. The fourth-order valence-corrected chi connectivity index (χ4v) is 2.06. The summed E-state index contributed by atoms with van der Waals surface area (Å²) in [6.45, 7) is 5.25. The smallest absolute Gasteiger partial charge is 0.408 e. The molecule has 1 saturated carbocycles. The van der Waals surface area contributed by atoms with E-state index in [0.717, 1.165) is 12.8 Å². The second kappa shape index (κ2) is 3.96. The first-order chi connectivity index (χ1) is 8.22. The van der Waals surface area contributed by atoms with E-state index >= 15 is 0 Å². The molecule has 1 unspecified atom stereocenters. The molecule has 2 fully saturated rings. The molecule has 18 heavy (non-hydrogen) atoms. The first-order valence-corrected chi connectivity index (χ1v) is 6.07.